The third kappa shape index (κ3) is 3.92. The molecule has 3 N–H and O–H groups in total. The van der Waals surface area contributed by atoms with Gasteiger partial charge in [0.1, 0.15) is 11.5 Å². The highest BCUT2D eigenvalue weighted by Gasteiger charge is 2.31. The Labute approximate surface area is 161 Å². The second-order valence-electron chi connectivity index (χ2n) is 7.97. The highest BCUT2D eigenvalue weighted by Crippen LogP contribution is 2.47. The van der Waals surface area contributed by atoms with Gasteiger partial charge in [0.15, 0.2) is 0 Å². The lowest BCUT2D eigenvalue weighted by Gasteiger charge is -2.33. The average Bonchev–Trinajstić information content (AvgIpc) is 2.64. The second kappa shape index (κ2) is 7.36. The van der Waals surface area contributed by atoms with Crippen molar-refractivity contribution in [1.82, 2.24) is 0 Å². The van der Waals surface area contributed by atoms with E-state index in [1.165, 1.54) is 5.56 Å². The summed E-state index contributed by atoms with van der Waals surface area (Å²) in [7, 11) is 1.81. The van der Waals surface area contributed by atoms with Crippen molar-refractivity contribution in [3.8, 4) is 22.6 Å². The number of phenolic OH excluding ortho intramolecular Hbond substituents is 2. The molecule has 140 valence electrons. The maximum Gasteiger partial charge on any atom is 0.142 e. The summed E-state index contributed by atoms with van der Waals surface area (Å²) in [5.41, 5.74) is 4.66. The summed E-state index contributed by atoms with van der Waals surface area (Å²) in [5, 5.41) is 23.7. The summed E-state index contributed by atoms with van der Waals surface area (Å²) in [5.74, 6) is 0.551. The van der Waals surface area contributed by atoms with Gasteiger partial charge in [-0.05, 0) is 46.4 Å². The van der Waals surface area contributed by atoms with Gasteiger partial charge in [-0.15, -0.1) is 0 Å². The third-order valence-corrected chi connectivity index (χ3v) is 4.92. The molecule has 0 spiro atoms. The molecular weight excluding hydrogens is 334 g/mol. The molecule has 0 aromatic heterocycles. The molecule has 0 heterocycles. The second-order valence-corrected chi connectivity index (χ2v) is 7.97. The van der Waals surface area contributed by atoms with E-state index in [0.29, 0.717) is 5.69 Å². The summed E-state index contributed by atoms with van der Waals surface area (Å²) in [6.45, 7) is 6.57. The topological polar surface area (TPSA) is 52.5 Å². The van der Waals surface area contributed by atoms with Crippen molar-refractivity contribution in [3.63, 3.8) is 0 Å². The molecule has 0 aliphatic rings. The quantitative estimate of drug-likeness (QED) is 0.501. The van der Waals surface area contributed by atoms with E-state index in [9.17, 15) is 10.2 Å². The van der Waals surface area contributed by atoms with Crippen molar-refractivity contribution in [2.75, 3.05) is 12.4 Å². The lowest BCUT2D eigenvalue weighted by atomic mass is 9.72. The lowest BCUT2D eigenvalue weighted by Crippen LogP contribution is -2.20. The number of rotatable bonds is 4. The van der Waals surface area contributed by atoms with Gasteiger partial charge in [0.25, 0.3) is 0 Å². The van der Waals surface area contributed by atoms with E-state index in [-0.39, 0.29) is 22.8 Å². The Kier molecular flexibility index (Phi) is 5.13. The Hall–Kier alpha value is -2.94. The molecule has 0 fully saturated rings. The van der Waals surface area contributed by atoms with Crippen molar-refractivity contribution in [1.29, 1.82) is 0 Å². The summed E-state index contributed by atoms with van der Waals surface area (Å²) in [6, 6.07) is 21.4. The molecule has 3 nitrogen and oxygen atoms in total. The van der Waals surface area contributed by atoms with E-state index in [1.54, 1.807) is 12.1 Å². The zero-order chi connectivity index (χ0) is 19.6. The first-order chi connectivity index (χ1) is 12.8. The van der Waals surface area contributed by atoms with E-state index in [0.717, 1.165) is 16.7 Å². The Morgan fingerprint density at radius 3 is 2.00 bits per heavy atom. The average molecular weight is 361 g/mol. The molecule has 0 saturated heterocycles. The maximum absolute atomic E-state index is 11.0. The van der Waals surface area contributed by atoms with Crippen LogP contribution in [0.25, 0.3) is 11.1 Å². The number of nitrogens with one attached hydrogen (secondary N) is 1. The standard InChI is InChI=1S/C24H27NO2/c1-24(2,3)22(17-8-6-5-7-9-17)20-14-18(15-21(25-4)23(20)27)16-10-12-19(26)13-11-16/h5-15,22,25-27H,1-4H3. The van der Waals surface area contributed by atoms with Crippen LogP contribution >= 0.6 is 0 Å². The number of anilines is 1. The zero-order valence-corrected chi connectivity index (χ0v) is 16.3. The van der Waals surface area contributed by atoms with Gasteiger partial charge in [0.05, 0.1) is 5.69 Å². The third-order valence-electron chi connectivity index (χ3n) is 4.92. The molecule has 0 aliphatic carbocycles. The monoisotopic (exact) mass is 361 g/mol. The molecule has 3 aromatic carbocycles. The number of phenols is 2. The van der Waals surface area contributed by atoms with Crippen molar-refractivity contribution in [2.45, 2.75) is 26.7 Å². The van der Waals surface area contributed by atoms with E-state index in [4.69, 9.17) is 0 Å². The fourth-order valence-electron chi connectivity index (χ4n) is 3.68. The van der Waals surface area contributed by atoms with Crippen molar-refractivity contribution >= 4 is 5.69 Å². The molecule has 1 atom stereocenters. The molecule has 0 amide bonds. The van der Waals surface area contributed by atoms with Crippen LogP contribution in [0.5, 0.6) is 11.5 Å². The van der Waals surface area contributed by atoms with Gasteiger partial charge in [-0.25, -0.2) is 0 Å². The predicted octanol–water partition coefficient (Wildman–Crippen LogP) is 5.98. The van der Waals surface area contributed by atoms with Crippen LogP contribution in [-0.2, 0) is 0 Å². The van der Waals surface area contributed by atoms with Gasteiger partial charge in [-0.2, -0.15) is 0 Å². The van der Waals surface area contributed by atoms with E-state index < -0.39 is 0 Å². The van der Waals surface area contributed by atoms with Crippen molar-refractivity contribution < 1.29 is 10.2 Å². The molecule has 0 saturated carbocycles. The zero-order valence-electron chi connectivity index (χ0n) is 16.3. The smallest absolute Gasteiger partial charge is 0.142 e. The molecule has 3 heteroatoms. The first-order valence-corrected chi connectivity index (χ1v) is 9.20. The van der Waals surface area contributed by atoms with Crippen LogP contribution in [-0.4, -0.2) is 17.3 Å². The Bertz CT molecular complexity index is 910. The molecule has 0 aliphatic heterocycles. The molecular formula is C24H27NO2. The number of aromatic hydroxyl groups is 2. The van der Waals surface area contributed by atoms with Crippen LogP contribution in [0.2, 0.25) is 0 Å². The summed E-state index contributed by atoms with van der Waals surface area (Å²) < 4.78 is 0. The van der Waals surface area contributed by atoms with E-state index in [2.05, 4.69) is 44.3 Å². The largest absolute Gasteiger partial charge is 0.508 e. The number of benzene rings is 3. The fraction of sp³-hybridized carbons (Fsp3) is 0.250. The van der Waals surface area contributed by atoms with Crippen LogP contribution < -0.4 is 5.32 Å². The van der Waals surface area contributed by atoms with Gasteiger partial charge in [0.2, 0.25) is 0 Å². The maximum atomic E-state index is 11.0. The van der Waals surface area contributed by atoms with Crippen LogP contribution in [0.4, 0.5) is 5.69 Å². The minimum atomic E-state index is -0.0859. The Balaban J connectivity index is 2.23. The molecule has 3 aromatic rings. The van der Waals surface area contributed by atoms with Gasteiger partial charge in [-0.1, -0.05) is 63.2 Å². The minimum Gasteiger partial charge on any atom is -0.508 e. The highest BCUT2D eigenvalue weighted by atomic mass is 16.3. The summed E-state index contributed by atoms with van der Waals surface area (Å²) in [6.07, 6.45) is 0. The normalized spacial score (nSPS) is 12.6. The molecule has 0 bridgehead atoms. The Morgan fingerprint density at radius 1 is 0.815 bits per heavy atom. The van der Waals surface area contributed by atoms with Crippen LogP contribution in [0.15, 0.2) is 66.7 Å². The van der Waals surface area contributed by atoms with Gasteiger partial charge >= 0.3 is 0 Å². The van der Waals surface area contributed by atoms with Gasteiger partial charge < -0.3 is 15.5 Å². The van der Waals surface area contributed by atoms with Crippen LogP contribution in [0.3, 0.4) is 0 Å². The van der Waals surface area contributed by atoms with E-state index in [1.807, 2.05) is 43.4 Å². The lowest BCUT2D eigenvalue weighted by molar-refractivity contribution is 0.348. The first kappa shape index (κ1) is 18.8. The predicted molar refractivity (Wildman–Crippen MR) is 112 cm³/mol. The van der Waals surface area contributed by atoms with Crippen LogP contribution in [0.1, 0.15) is 37.8 Å². The molecule has 1 unspecified atom stereocenters. The summed E-state index contributed by atoms with van der Waals surface area (Å²) in [4.78, 5) is 0. The molecule has 3 rings (SSSR count). The fourth-order valence-corrected chi connectivity index (χ4v) is 3.68. The van der Waals surface area contributed by atoms with Crippen LogP contribution in [0, 0.1) is 5.41 Å². The summed E-state index contributed by atoms with van der Waals surface area (Å²) >= 11 is 0. The molecule has 0 radical (unpaired) electrons. The first-order valence-electron chi connectivity index (χ1n) is 9.20. The van der Waals surface area contributed by atoms with Gasteiger partial charge in [-0.3, -0.25) is 0 Å². The SMILES string of the molecule is CNc1cc(-c2ccc(O)cc2)cc(C(c2ccccc2)C(C)(C)C)c1O. The van der Waals surface area contributed by atoms with E-state index >= 15 is 0 Å². The number of hydrogen-bond acceptors (Lipinski definition) is 3. The molecule has 27 heavy (non-hydrogen) atoms. The van der Waals surface area contributed by atoms with Gasteiger partial charge in [0, 0.05) is 18.5 Å². The Morgan fingerprint density at radius 2 is 1.44 bits per heavy atom. The minimum absolute atomic E-state index is 0.0304. The van der Waals surface area contributed by atoms with Crippen molar-refractivity contribution in [2.24, 2.45) is 5.41 Å². The number of hydrogen-bond donors (Lipinski definition) is 3. The van der Waals surface area contributed by atoms with Crippen molar-refractivity contribution in [3.05, 3.63) is 77.9 Å². The highest BCUT2D eigenvalue weighted by molar-refractivity contribution is 5.75.